The molecule has 2 unspecified atom stereocenters. The first-order valence-electron chi connectivity index (χ1n) is 6.90. The van der Waals surface area contributed by atoms with Crippen molar-refractivity contribution in [1.82, 2.24) is 10.2 Å². The third kappa shape index (κ3) is 3.44. The summed E-state index contributed by atoms with van der Waals surface area (Å²) >= 11 is 0. The Kier molecular flexibility index (Phi) is 4.62. The van der Waals surface area contributed by atoms with Gasteiger partial charge in [-0.25, -0.2) is 0 Å². The van der Waals surface area contributed by atoms with Crippen molar-refractivity contribution in [2.24, 2.45) is 5.92 Å². The standard InChI is InChI=1S/C13H26N2O/c1-3-12-9-15(7-8-16-12)10-13(14-4-2)11-5-6-11/h11-14H,3-10H2,1-2H3. The number of rotatable bonds is 6. The van der Waals surface area contributed by atoms with Crippen molar-refractivity contribution in [3.05, 3.63) is 0 Å². The average Bonchev–Trinajstić information content (AvgIpc) is 3.13. The first-order chi connectivity index (χ1) is 7.83. The van der Waals surface area contributed by atoms with Crippen LogP contribution < -0.4 is 5.32 Å². The third-order valence-corrected chi connectivity index (χ3v) is 3.79. The minimum atomic E-state index is 0.468. The van der Waals surface area contributed by atoms with E-state index in [1.54, 1.807) is 0 Å². The summed E-state index contributed by atoms with van der Waals surface area (Å²) in [4.78, 5) is 2.59. The smallest absolute Gasteiger partial charge is 0.0700 e. The Hall–Kier alpha value is -0.120. The molecule has 1 N–H and O–H groups in total. The normalized spacial score (nSPS) is 29.2. The molecule has 16 heavy (non-hydrogen) atoms. The number of nitrogens with zero attached hydrogens (tertiary/aromatic N) is 1. The second-order valence-electron chi connectivity index (χ2n) is 5.16. The fourth-order valence-electron chi connectivity index (χ4n) is 2.61. The van der Waals surface area contributed by atoms with Gasteiger partial charge in [-0.05, 0) is 31.7 Å². The molecule has 0 spiro atoms. The van der Waals surface area contributed by atoms with Crippen LogP contribution in [0.3, 0.4) is 0 Å². The molecule has 1 aliphatic carbocycles. The Bertz CT molecular complexity index is 206. The molecule has 0 radical (unpaired) electrons. The highest BCUT2D eigenvalue weighted by molar-refractivity contribution is 4.89. The lowest BCUT2D eigenvalue weighted by molar-refractivity contribution is -0.0327. The van der Waals surface area contributed by atoms with Gasteiger partial charge in [-0.3, -0.25) is 4.90 Å². The van der Waals surface area contributed by atoms with E-state index in [9.17, 15) is 0 Å². The van der Waals surface area contributed by atoms with E-state index in [4.69, 9.17) is 4.74 Å². The second kappa shape index (κ2) is 5.99. The van der Waals surface area contributed by atoms with E-state index in [0.717, 1.165) is 44.6 Å². The minimum absolute atomic E-state index is 0.468. The molecule has 3 nitrogen and oxygen atoms in total. The average molecular weight is 226 g/mol. The Morgan fingerprint density at radius 1 is 1.38 bits per heavy atom. The molecule has 0 bridgehead atoms. The van der Waals surface area contributed by atoms with Crippen molar-refractivity contribution in [2.75, 3.05) is 32.8 Å². The molecule has 2 rings (SSSR count). The molecule has 2 aliphatic rings. The predicted molar refractivity (Wildman–Crippen MR) is 66.7 cm³/mol. The van der Waals surface area contributed by atoms with Crippen molar-refractivity contribution in [1.29, 1.82) is 0 Å². The van der Waals surface area contributed by atoms with Crippen LogP contribution in [0.2, 0.25) is 0 Å². The number of likely N-dealkylation sites (N-methyl/N-ethyl adjacent to an activating group) is 1. The maximum absolute atomic E-state index is 5.71. The molecule has 2 atom stereocenters. The number of ether oxygens (including phenoxy) is 1. The van der Waals surface area contributed by atoms with Gasteiger partial charge in [0.1, 0.15) is 0 Å². The van der Waals surface area contributed by atoms with Gasteiger partial charge in [-0.2, -0.15) is 0 Å². The molecular formula is C13H26N2O. The van der Waals surface area contributed by atoms with Crippen LogP contribution >= 0.6 is 0 Å². The molecule has 94 valence electrons. The molecular weight excluding hydrogens is 200 g/mol. The Morgan fingerprint density at radius 2 is 2.19 bits per heavy atom. The van der Waals surface area contributed by atoms with Crippen molar-refractivity contribution in [3.8, 4) is 0 Å². The largest absolute Gasteiger partial charge is 0.376 e. The summed E-state index contributed by atoms with van der Waals surface area (Å²) in [5.74, 6) is 0.947. The maximum atomic E-state index is 5.71. The quantitative estimate of drug-likeness (QED) is 0.742. The molecule has 1 aliphatic heterocycles. The summed E-state index contributed by atoms with van der Waals surface area (Å²) < 4.78 is 5.71. The van der Waals surface area contributed by atoms with Crippen molar-refractivity contribution in [2.45, 2.75) is 45.3 Å². The van der Waals surface area contributed by atoms with Gasteiger partial charge in [0.05, 0.1) is 12.7 Å². The molecule has 1 saturated carbocycles. The lowest BCUT2D eigenvalue weighted by Crippen LogP contribution is -2.49. The van der Waals surface area contributed by atoms with Crippen LogP contribution in [-0.2, 0) is 4.74 Å². The molecule has 0 aromatic rings. The van der Waals surface area contributed by atoms with Gasteiger partial charge >= 0.3 is 0 Å². The minimum Gasteiger partial charge on any atom is -0.376 e. The zero-order valence-corrected chi connectivity index (χ0v) is 10.7. The van der Waals surface area contributed by atoms with Gasteiger partial charge in [-0.15, -0.1) is 0 Å². The zero-order chi connectivity index (χ0) is 11.4. The molecule has 0 amide bonds. The van der Waals surface area contributed by atoms with E-state index in [2.05, 4.69) is 24.1 Å². The molecule has 3 heteroatoms. The Labute approximate surface area is 99.5 Å². The van der Waals surface area contributed by atoms with E-state index in [-0.39, 0.29) is 0 Å². The summed E-state index contributed by atoms with van der Waals surface area (Å²) in [6, 6.07) is 0.723. The molecule has 0 aromatic carbocycles. The van der Waals surface area contributed by atoms with Crippen molar-refractivity contribution < 1.29 is 4.74 Å². The summed E-state index contributed by atoms with van der Waals surface area (Å²) in [5.41, 5.74) is 0. The predicted octanol–water partition coefficient (Wildman–Crippen LogP) is 1.49. The fourth-order valence-corrected chi connectivity index (χ4v) is 2.61. The number of nitrogens with one attached hydrogen (secondary N) is 1. The van der Waals surface area contributed by atoms with Gasteiger partial charge in [0.25, 0.3) is 0 Å². The second-order valence-corrected chi connectivity index (χ2v) is 5.16. The topological polar surface area (TPSA) is 24.5 Å². The maximum Gasteiger partial charge on any atom is 0.0700 e. The molecule has 1 saturated heterocycles. The summed E-state index contributed by atoms with van der Waals surface area (Å²) in [5, 5.41) is 3.64. The SMILES string of the molecule is CCNC(CN1CCOC(CC)C1)C1CC1. The van der Waals surface area contributed by atoms with Gasteiger partial charge < -0.3 is 10.1 Å². The van der Waals surface area contributed by atoms with E-state index in [1.165, 1.54) is 19.4 Å². The van der Waals surface area contributed by atoms with Crippen LogP contribution in [0.1, 0.15) is 33.1 Å². The van der Waals surface area contributed by atoms with Crippen LogP contribution in [0.4, 0.5) is 0 Å². The molecule has 1 heterocycles. The van der Waals surface area contributed by atoms with Crippen LogP contribution in [0.15, 0.2) is 0 Å². The highest BCUT2D eigenvalue weighted by atomic mass is 16.5. The highest BCUT2D eigenvalue weighted by Gasteiger charge is 2.32. The van der Waals surface area contributed by atoms with Crippen LogP contribution in [0.5, 0.6) is 0 Å². The third-order valence-electron chi connectivity index (χ3n) is 3.79. The van der Waals surface area contributed by atoms with Gasteiger partial charge in [-0.1, -0.05) is 13.8 Å². The van der Waals surface area contributed by atoms with Gasteiger partial charge in [0.15, 0.2) is 0 Å². The van der Waals surface area contributed by atoms with Crippen LogP contribution in [0, 0.1) is 5.92 Å². The van der Waals surface area contributed by atoms with Gasteiger partial charge in [0, 0.05) is 25.7 Å². The van der Waals surface area contributed by atoms with E-state index in [1.807, 2.05) is 0 Å². The molecule has 0 aromatic heterocycles. The zero-order valence-electron chi connectivity index (χ0n) is 10.7. The fraction of sp³-hybridized carbons (Fsp3) is 1.00. The summed E-state index contributed by atoms with van der Waals surface area (Å²) in [6.07, 6.45) is 4.47. The Balaban J connectivity index is 1.77. The summed E-state index contributed by atoms with van der Waals surface area (Å²) in [6.45, 7) is 9.92. The first-order valence-corrected chi connectivity index (χ1v) is 6.90. The van der Waals surface area contributed by atoms with Gasteiger partial charge in [0.2, 0.25) is 0 Å². The molecule has 2 fully saturated rings. The van der Waals surface area contributed by atoms with Crippen LogP contribution in [-0.4, -0.2) is 49.8 Å². The van der Waals surface area contributed by atoms with Crippen molar-refractivity contribution in [3.63, 3.8) is 0 Å². The number of hydrogen-bond acceptors (Lipinski definition) is 3. The lowest BCUT2D eigenvalue weighted by atomic mass is 10.1. The van der Waals surface area contributed by atoms with Crippen LogP contribution in [0.25, 0.3) is 0 Å². The van der Waals surface area contributed by atoms with E-state index < -0.39 is 0 Å². The number of hydrogen-bond donors (Lipinski definition) is 1. The first kappa shape index (κ1) is 12.3. The summed E-state index contributed by atoms with van der Waals surface area (Å²) in [7, 11) is 0. The lowest BCUT2D eigenvalue weighted by Gasteiger charge is -2.35. The monoisotopic (exact) mass is 226 g/mol. The van der Waals surface area contributed by atoms with Crippen molar-refractivity contribution >= 4 is 0 Å². The number of morpholine rings is 1. The highest BCUT2D eigenvalue weighted by Crippen LogP contribution is 2.33. The van der Waals surface area contributed by atoms with E-state index >= 15 is 0 Å². The Morgan fingerprint density at radius 3 is 2.81 bits per heavy atom. The van der Waals surface area contributed by atoms with E-state index in [0.29, 0.717) is 6.10 Å².